The van der Waals surface area contributed by atoms with Crippen LogP contribution in [0.1, 0.15) is 13.8 Å². The first kappa shape index (κ1) is 19.8. The van der Waals surface area contributed by atoms with Crippen LogP contribution in [0, 0.1) is 5.92 Å². The first-order valence-corrected chi connectivity index (χ1v) is 6.82. The van der Waals surface area contributed by atoms with E-state index in [1.165, 1.54) is 0 Å². The van der Waals surface area contributed by atoms with Gasteiger partial charge in [-0.2, -0.15) is 0 Å². The number of nitrogens with two attached hydrogens (primary N) is 2. The molecule has 4 amide bonds. The van der Waals surface area contributed by atoms with E-state index in [-0.39, 0.29) is 32.2 Å². The van der Waals surface area contributed by atoms with Gasteiger partial charge in [-0.05, 0) is 5.92 Å². The number of carbonyl (C=O) groups excluding carboxylic acids is 4. The predicted octanol–water partition coefficient (Wildman–Crippen LogP) is -3.65. The van der Waals surface area contributed by atoms with E-state index in [0.717, 1.165) is 0 Å². The number of hydrogen-bond donors (Lipinski definition) is 6. The summed E-state index contributed by atoms with van der Waals surface area (Å²) >= 11 is 0. The lowest BCUT2D eigenvalue weighted by atomic mass is 10.0. The van der Waals surface area contributed by atoms with Gasteiger partial charge >= 0.3 is 0 Å². The van der Waals surface area contributed by atoms with E-state index in [9.17, 15) is 19.2 Å². The Balaban J connectivity index is 4.40. The molecule has 0 aromatic heterocycles. The van der Waals surface area contributed by atoms with E-state index >= 15 is 0 Å². The third-order valence-electron chi connectivity index (χ3n) is 2.62. The van der Waals surface area contributed by atoms with Crippen molar-refractivity contribution in [2.45, 2.75) is 19.9 Å². The van der Waals surface area contributed by atoms with Gasteiger partial charge in [0.25, 0.3) is 0 Å². The summed E-state index contributed by atoms with van der Waals surface area (Å²) in [6.07, 6.45) is 0. The molecule has 0 aromatic rings. The van der Waals surface area contributed by atoms with Crippen molar-refractivity contribution in [1.82, 2.24) is 21.3 Å². The van der Waals surface area contributed by atoms with E-state index < -0.39 is 29.7 Å². The Hall–Kier alpha value is -2.20. The normalized spacial score (nSPS) is 11.5. The SMILES string of the molecule is CC(C)C(NC(=O)CNC(=O)CN)C(=O)NCC(=O)NCN. The quantitative estimate of drug-likeness (QED) is 0.240. The number of hydrogen-bond acceptors (Lipinski definition) is 6. The minimum absolute atomic E-state index is 0.0279. The number of carbonyl (C=O) groups is 4. The van der Waals surface area contributed by atoms with Crippen LogP contribution in [0.2, 0.25) is 0 Å². The van der Waals surface area contributed by atoms with Crippen molar-refractivity contribution in [1.29, 1.82) is 0 Å². The maximum Gasteiger partial charge on any atom is 0.243 e. The fraction of sp³-hybridized carbons (Fsp3) is 0.667. The average molecular weight is 316 g/mol. The highest BCUT2D eigenvalue weighted by Crippen LogP contribution is 2.01. The Morgan fingerprint density at radius 3 is 1.95 bits per heavy atom. The summed E-state index contributed by atoms with van der Waals surface area (Å²) in [4.78, 5) is 45.8. The largest absolute Gasteiger partial charge is 0.346 e. The van der Waals surface area contributed by atoms with Gasteiger partial charge in [-0.1, -0.05) is 13.8 Å². The molecule has 0 saturated carbocycles. The minimum Gasteiger partial charge on any atom is -0.346 e. The Kier molecular flexibility index (Phi) is 9.46. The monoisotopic (exact) mass is 316 g/mol. The Morgan fingerprint density at radius 1 is 0.864 bits per heavy atom. The molecule has 0 aliphatic carbocycles. The van der Waals surface area contributed by atoms with Gasteiger partial charge in [-0.15, -0.1) is 0 Å². The molecule has 0 aliphatic rings. The van der Waals surface area contributed by atoms with Crippen molar-refractivity contribution in [3.05, 3.63) is 0 Å². The lowest BCUT2D eigenvalue weighted by Crippen LogP contribution is -2.53. The van der Waals surface area contributed by atoms with E-state index in [1.54, 1.807) is 13.8 Å². The lowest BCUT2D eigenvalue weighted by Gasteiger charge is -2.21. The van der Waals surface area contributed by atoms with Crippen LogP contribution in [0.5, 0.6) is 0 Å². The molecule has 8 N–H and O–H groups in total. The van der Waals surface area contributed by atoms with Gasteiger partial charge < -0.3 is 32.7 Å². The van der Waals surface area contributed by atoms with Gasteiger partial charge in [0.15, 0.2) is 0 Å². The van der Waals surface area contributed by atoms with Crippen molar-refractivity contribution in [2.75, 3.05) is 26.3 Å². The van der Waals surface area contributed by atoms with E-state index in [0.29, 0.717) is 0 Å². The van der Waals surface area contributed by atoms with Crippen LogP contribution in [0.4, 0.5) is 0 Å². The molecular weight excluding hydrogens is 292 g/mol. The summed E-state index contributed by atoms with van der Waals surface area (Å²) in [5, 5.41) is 9.51. The summed E-state index contributed by atoms with van der Waals surface area (Å²) in [5.74, 6) is -2.13. The third kappa shape index (κ3) is 8.17. The summed E-state index contributed by atoms with van der Waals surface area (Å²) in [6.45, 7) is 2.71. The predicted molar refractivity (Wildman–Crippen MR) is 79.0 cm³/mol. The molecule has 0 heterocycles. The Labute approximate surface area is 128 Å². The summed E-state index contributed by atoms with van der Waals surface area (Å²) < 4.78 is 0. The summed E-state index contributed by atoms with van der Waals surface area (Å²) in [6, 6.07) is -0.826. The smallest absolute Gasteiger partial charge is 0.243 e. The maximum atomic E-state index is 12.0. The maximum absolute atomic E-state index is 12.0. The molecule has 0 aromatic carbocycles. The van der Waals surface area contributed by atoms with Crippen molar-refractivity contribution in [3.8, 4) is 0 Å². The van der Waals surface area contributed by atoms with Crippen LogP contribution in [-0.4, -0.2) is 56.0 Å². The zero-order valence-corrected chi connectivity index (χ0v) is 12.8. The van der Waals surface area contributed by atoms with Crippen LogP contribution in [-0.2, 0) is 19.2 Å². The Morgan fingerprint density at radius 2 is 1.45 bits per heavy atom. The second-order valence-electron chi connectivity index (χ2n) is 4.79. The van der Waals surface area contributed by atoms with Crippen molar-refractivity contribution in [2.24, 2.45) is 17.4 Å². The van der Waals surface area contributed by atoms with Crippen LogP contribution < -0.4 is 32.7 Å². The van der Waals surface area contributed by atoms with Gasteiger partial charge in [0.05, 0.1) is 26.3 Å². The highest BCUT2D eigenvalue weighted by molar-refractivity contribution is 5.92. The van der Waals surface area contributed by atoms with Gasteiger partial charge in [-0.3, -0.25) is 19.2 Å². The van der Waals surface area contributed by atoms with Gasteiger partial charge in [0, 0.05) is 0 Å². The molecule has 1 atom stereocenters. The van der Waals surface area contributed by atoms with Gasteiger partial charge in [0.2, 0.25) is 23.6 Å². The molecule has 126 valence electrons. The molecule has 10 nitrogen and oxygen atoms in total. The standard InChI is InChI=1S/C12H24N6O4/c1-7(2)11(12(22)16-4-9(20)17-6-14)18-10(21)5-15-8(19)3-13/h7,11H,3-6,13-14H2,1-2H3,(H,15,19)(H,16,22)(H,17,20)(H,18,21). The topological polar surface area (TPSA) is 168 Å². The Bertz CT molecular complexity index is 412. The number of rotatable bonds is 9. The highest BCUT2D eigenvalue weighted by atomic mass is 16.2. The van der Waals surface area contributed by atoms with Crippen molar-refractivity contribution < 1.29 is 19.2 Å². The van der Waals surface area contributed by atoms with Crippen LogP contribution in [0.25, 0.3) is 0 Å². The lowest BCUT2D eigenvalue weighted by molar-refractivity contribution is -0.131. The molecular formula is C12H24N6O4. The molecule has 0 rings (SSSR count). The van der Waals surface area contributed by atoms with Crippen LogP contribution >= 0.6 is 0 Å². The summed E-state index contributed by atoms with van der Waals surface area (Å²) in [7, 11) is 0. The van der Waals surface area contributed by atoms with Crippen LogP contribution in [0.3, 0.4) is 0 Å². The molecule has 0 bridgehead atoms. The van der Waals surface area contributed by atoms with E-state index in [1.807, 2.05) is 0 Å². The first-order valence-electron chi connectivity index (χ1n) is 6.82. The molecule has 22 heavy (non-hydrogen) atoms. The zero-order valence-electron chi connectivity index (χ0n) is 12.8. The third-order valence-corrected chi connectivity index (χ3v) is 2.62. The van der Waals surface area contributed by atoms with Gasteiger partial charge in [0.1, 0.15) is 6.04 Å². The number of amides is 4. The fourth-order valence-electron chi connectivity index (χ4n) is 1.46. The van der Waals surface area contributed by atoms with E-state index in [4.69, 9.17) is 11.5 Å². The molecule has 0 saturated heterocycles. The molecule has 0 radical (unpaired) electrons. The van der Waals surface area contributed by atoms with Crippen molar-refractivity contribution in [3.63, 3.8) is 0 Å². The average Bonchev–Trinajstić information content (AvgIpc) is 2.47. The molecule has 0 aliphatic heterocycles. The molecule has 1 unspecified atom stereocenters. The second kappa shape index (κ2) is 10.5. The first-order chi connectivity index (χ1) is 10.3. The summed E-state index contributed by atoms with van der Waals surface area (Å²) in [5.41, 5.74) is 10.2. The van der Waals surface area contributed by atoms with Crippen molar-refractivity contribution >= 4 is 23.6 Å². The molecule has 0 fully saturated rings. The zero-order chi connectivity index (χ0) is 17.1. The molecule has 10 heteroatoms. The minimum atomic E-state index is -0.826. The van der Waals surface area contributed by atoms with Gasteiger partial charge in [-0.25, -0.2) is 0 Å². The molecule has 0 spiro atoms. The van der Waals surface area contributed by atoms with E-state index in [2.05, 4.69) is 21.3 Å². The number of nitrogens with one attached hydrogen (secondary N) is 4. The second-order valence-corrected chi connectivity index (χ2v) is 4.79. The van der Waals surface area contributed by atoms with Crippen LogP contribution in [0.15, 0.2) is 0 Å². The highest BCUT2D eigenvalue weighted by Gasteiger charge is 2.24. The fourth-order valence-corrected chi connectivity index (χ4v) is 1.46.